The molecule has 0 fully saturated rings. The summed E-state index contributed by atoms with van der Waals surface area (Å²) in [5.41, 5.74) is 1.84. The van der Waals surface area contributed by atoms with Gasteiger partial charge >= 0.3 is 0 Å². The number of para-hydroxylation sites is 1. The minimum atomic E-state index is -0.212. The maximum absolute atomic E-state index is 12.7. The summed E-state index contributed by atoms with van der Waals surface area (Å²) in [7, 11) is 1.60. The molecular weight excluding hydrogens is 318 g/mol. The van der Waals surface area contributed by atoms with Gasteiger partial charge in [-0.25, -0.2) is 4.68 Å². The molecule has 6 nitrogen and oxygen atoms in total. The highest BCUT2D eigenvalue weighted by Gasteiger charge is 2.21. The van der Waals surface area contributed by atoms with Crippen LogP contribution in [-0.2, 0) is 4.74 Å². The van der Waals surface area contributed by atoms with Gasteiger partial charge in [-0.15, -0.1) is 0 Å². The number of amides is 1. The zero-order valence-corrected chi connectivity index (χ0v) is 14.5. The summed E-state index contributed by atoms with van der Waals surface area (Å²) in [6, 6.07) is 13.2. The van der Waals surface area contributed by atoms with Crippen LogP contribution in [0.3, 0.4) is 0 Å². The molecule has 1 aromatic carbocycles. The van der Waals surface area contributed by atoms with Gasteiger partial charge in [-0.1, -0.05) is 18.2 Å². The summed E-state index contributed by atoms with van der Waals surface area (Å²) in [6.45, 7) is 4.19. The van der Waals surface area contributed by atoms with Gasteiger partial charge in [0.2, 0.25) is 0 Å². The quantitative estimate of drug-likeness (QED) is 0.749. The second kappa shape index (κ2) is 7.36. The Bertz CT molecular complexity index is 852. The Morgan fingerprint density at radius 2 is 2.04 bits per heavy atom. The molecule has 130 valence electrons. The van der Waals surface area contributed by atoms with Crippen LogP contribution in [0.2, 0.25) is 0 Å². The van der Waals surface area contributed by atoms with E-state index in [0.717, 1.165) is 11.4 Å². The lowest BCUT2D eigenvalue weighted by atomic mass is 10.2. The maximum Gasteiger partial charge on any atom is 0.255 e. The summed E-state index contributed by atoms with van der Waals surface area (Å²) in [6.07, 6.45) is 1.72. The normalized spacial score (nSPS) is 12.1. The predicted molar refractivity (Wildman–Crippen MR) is 94.8 cm³/mol. The molecule has 0 radical (unpaired) electrons. The van der Waals surface area contributed by atoms with Crippen LogP contribution in [0, 0.1) is 6.92 Å². The van der Waals surface area contributed by atoms with Gasteiger partial charge in [0, 0.05) is 19.3 Å². The maximum atomic E-state index is 12.7. The van der Waals surface area contributed by atoms with Crippen molar-refractivity contribution in [3.8, 4) is 17.1 Å². The van der Waals surface area contributed by atoms with E-state index in [1.54, 1.807) is 18.0 Å². The van der Waals surface area contributed by atoms with Crippen molar-refractivity contribution in [3.05, 3.63) is 60.0 Å². The molecule has 2 aromatic heterocycles. The molecule has 0 bridgehead atoms. The molecule has 1 unspecified atom stereocenters. The van der Waals surface area contributed by atoms with E-state index in [1.165, 1.54) is 0 Å². The van der Waals surface area contributed by atoms with Crippen LogP contribution < -0.4 is 5.32 Å². The number of hydrogen-bond donors (Lipinski definition) is 1. The molecule has 1 atom stereocenters. The Kier molecular flexibility index (Phi) is 5.00. The van der Waals surface area contributed by atoms with E-state index in [9.17, 15) is 4.79 Å². The van der Waals surface area contributed by atoms with Crippen LogP contribution in [0.4, 0.5) is 0 Å². The molecular formula is C19H21N3O3. The third kappa shape index (κ3) is 3.80. The SMILES string of the molecule is COCC(C)NC(=O)c1cn(-c2ccccc2)nc1-c1ccc(C)o1. The lowest BCUT2D eigenvalue weighted by molar-refractivity contribution is 0.0906. The first-order valence-electron chi connectivity index (χ1n) is 8.10. The van der Waals surface area contributed by atoms with Gasteiger partial charge in [-0.3, -0.25) is 4.79 Å². The molecule has 6 heteroatoms. The topological polar surface area (TPSA) is 69.3 Å². The summed E-state index contributed by atoms with van der Waals surface area (Å²) in [4.78, 5) is 12.7. The molecule has 0 aliphatic carbocycles. The fraction of sp³-hybridized carbons (Fsp3) is 0.263. The zero-order valence-electron chi connectivity index (χ0n) is 14.5. The molecule has 3 aromatic rings. The fourth-order valence-corrected chi connectivity index (χ4v) is 2.59. The van der Waals surface area contributed by atoms with Crippen LogP contribution in [0.1, 0.15) is 23.0 Å². The number of rotatable bonds is 6. The van der Waals surface area contributed by atoms with Gasteiger partial charge in [0.15, 0.2) is 5.76 Å². The Hall–Kier alpha value is -2.86. The number of carbonyl (C=O) groups excluding carboxylic acids is 1. The number of hydrogen-bond acceptors (Lipinski definition) is 4. The average Bonchev–Trinajstić information content (AvgIpc) is 3.22. The number of methoxy groups -OCH3 is 1. The van der Waals surface area contributed by atoms with Crippen molar-refractivity contribution in [2.75, 3.05) is 13.7 Å². The van der Waals surface area contributed by atoms with Crippen molar-refractivity contribution in [2.24, 2.45) is 0 Å². The molecule has 0 aliphatic heterocycles. The highest BCUT2D eigenvalue weighted by atomic mass is 16.5. The lowest BCUT2D eigenvalue weighted by Crippen LogP contribution is -2.35. The first kappa shape index (κ1) is 17.0. The number of ether oxygens (including phenoxy) is 1. The second-order valence-corrected chi connectivity index (χ2v) is 5.91. The largest absolute Gasteiger partial charge is 0.460 e. The highest BCUT2D eigenvalue weighted by molar-refractivity contribution is 5.99. The number of benzene rings is 1. The number of furan rings is 1. The van der Waals surface area contributed by atoms with Crippen molar-refractivity contribution in [3.63, 3.8) is 0 Å². The number of aryl methyl sites for hydroxylation is 1. The summed E-state index contributed by atoms with van der Waals surface area (Å²) in [5, 5.41) is 7.49. The van der Waals surface area contributed by atoms with Gasteiger partial charge in [0.05, 0.1) is 17.9 Å². The van der Waals surface area contributed by atoms with E-state index in [1.807, 2.05) is 56.3 Å². The van der Waals surface area contributed by atoms with Crippen LogP contribution in [-0.4, -0.2) is 35.4 Å². The molecule has 1 amide bonds. The van der Waals surface area contributed by atoms with Crippen LogP contribution in [0.15, 0.2) is 53.1 Å². The van der Waals surface area contributed by atoms with Gasteiger partial charge in [-0.05, 0) is 38.1 Å². The van der Waals surface area contributed by atoms with Gasteiger partial charge < -0.3 is 14.5 Å². The third-order valence-corrected chi connectivity index (χ3v) is 3.75. The molecule has 3 rings (SSSR count). The monoisotopic (exact) mass is 339 g/mol. The third-order valence-electron chi connectivity index (χ3n) is 3.75. The minimum Gasteiger partial charge on any atom is -0.460 e. The summed E-state index contributed by atoms with van der Waals surface area (Å²) >= 11 is 0. The Morgan fingerprint density at radius 1 is 1.28 bits per heavy atom. The Morgan fingerprint density at radius 3 is 2.68 bits per heavy atom. The number of nitrogens with zero attached hydrogens (tertiary/aromatic N) is 2. The number of aromatic nitrogens is 2. The standard InChI is InChI=1S/C19H21N3O3/c1-13(12-24-3)20-19(23)16-11-22(15-7-5-4-6-8-15)21-18(16)17-10-9-14(2)25-17/h4-11,13H,12H2,1-3H3,(H,20,23). The minimum absolute atomic E-state index is 0.108. The number of carbonyl (C=O) groups is 1. The van der Waals surface area contributed by atoms with Crippen molar-refractivity contribution < 1.29 is 13.9 Å². The molecule has 1 N–H and O–H groups in total. The smallest absolute Gasteiger partial charge is 0.255 e. The van der Waals surface area contributed by atoms with E-state index in [0.29, 0.717) is 23.6 Å². The molecule has 0 saturated heterocycles. The molecule has 25 heavy (non-hydrogen) atoms. The molecule has 0 aliphatic rings. The predicted octanol–water partition coefficient (Wildman–Crippen LogP) is 3.21. The summed E-state index contributed by atoms with van der Waals surface area (Å²) in [5.74, 6) is 1.12. The van der Waals surface area contributed by atoms with E-state index in [2.05, 4.69) is 10.4 Å². The summed E-state index contributed by atoms with van der Waals surface area (Å²) < 4.78 is 12.4. The van der Waals surface area contributed by atoms with Crippen molar-refractivity contribution >= 4 is 5.91 Å². The number of nitrogens with one attached hydrogen (secondary N) is 1. The molecule has 2 heterocycles. The van der Waals surface area contributed by atoms with Crippen molar-refractivity contribution in [1.29, 1.82) is 0 Å². The Labute approximate surface area is 146 Å². The van der Waals surface area contributed by atoms with Gasteiger partial charge in [0.1, 0.15) is 11.5 Å². The van der Waals surface area contributed by atoms with Crippen LogP contribution in [0.5, 0.6) is 0 Å². The average molecular weight is 339 g/mol. The molecule has 0 saturated carbocycles. The molecule has 0 spiro atoms. The first-order chi connectivity index (χ1) is 12.1. The van der Waals surface area contributed by atoms with Crippen LogP contribution in [0.25, 0.3) is 17.1 Å². The zero-order chi connectivity index (χ0) is 17.8. The lowest BCUT2D eigenvalue weighted by Gasteiger charge is -2.12. The van der Waals surface area contributed by atoms with E-state index in [4.69, 9.17) is 9.15 Å². The van der Waals surface area contributed by atoms with Crippen molar-refractivity contribution in [1.82, 2.24) is 15.1 Å². The van der Waals surface area contributed by atoms with Crippen LogP contribution >= 0.6 is 0 Å². The van der Waals surface area contributed by atoms with E-state index in [-0.39, 0.29) is 11.9 Å². The fourth-order valence-electron chi connectivity index (χ4n) is 2.59. The first-order valence-corrected chi connectivity index (χ1v) is 8.10. The Balaban J connectivity index is 2.00. The van der Waals surface area contributed by atoms with E-state index < -0.39 is 0 Å². The van der Waals surface area contributed by atoms with Gasteiger partial charge in [0.25, 0.3) is 5.91 Å². The second-order valence-electron chi connectivity index (χ2n) is 5.91. The van der Waals surface area contributed by atoms with Crippen molar-refractivity contribution in [2.45, 2.75) is 19.9 Å². The van der Waals surface area contributed by atoms with E-state index >= 15 is 0 Å². The highest BCUT2D eigenvalue weighted by Crippen LogP contribution is 2.25. The van der Waals surface area contributed by atoms with Gasteiger partial charge in [-0.2, -0.15) is 5.10 Å².